The number of hydrogen-bond acceptors (Lipinski definition) is 4. The number of nitriles is 1. The van der Waals surface area contributed by atoms with Gasteiger partial charge in [0.15, 0.2) is 0 Å². The molecule has 0 aliphatic heterocycles. The van der Waals surface area contributed by atoms with E-state index in [4.69, 9.17) is 33.2 Å². The van der Waals surface area contributed by atoms with Crippen LogP contribution in [0.2, 0.25) is 10.0 Å². The third-order valence-electron chi connectivity index (χ3n) is 4.60. The topological polar surface area (TPSA) is 91.2 Å². The third-order valence-corrected chi connectivity index (χ3v) is 5.26. The lowest BCUT2D eigenvalue weighted by molar-refractivity contribution is -0.118. The number of benzene rings is 3. The van der Waals surface area contributed by atoms with Crippen LogP contribution in [0, 0.1) is 11.3 Å². The van der Waals surface area contributed by atoms with Crippen LogP contribution in [-0.2, 0) is 9.59 Å². The third kappa shape index (κ3) is 7.11. The van der Waals surface area contributed by atoms with E-state index in [2.05, 4.69) is 16.7 Å². The van der Waals surface area contributed by atoms with Crippen molar-refractivity contribution in [2.45, 2.75) is 12.8 Å². The maximum atomic E-state index is 13.1. The molecule has 0 atom stereocenters. The Hall–Kier alpha value is -3.79. The zero-order valence-electron chi connectivity index (χ0n) is 18.1. The first-order valence-electron chi connectivity index (χ1n) is 10.4. The Kier molecular flexibility index (Phi) is 9.10. The number of anilines is 2. The zero-order valence-corrected chi connectivity index (χ0v) is 19.6. The van der Waals surface area contributed by atoms with E-state index in [1.807, 2.05) is 0 Å². The Labute approximate surface area is 207 Å². The Bertz CT molecular complexity index is 1190. The van der Waals surface area contributed by atoms with Gasteiger partial charge in [0.25, 0.3) is 11.8 Å². The molecule has 0 saturated heterocycles. The molecule has 0 heterocycles. The number of rotatable bonds is 9. The second kappa shape index (κ2) is 12.4. The number of nitrogens with one attached hydrogen (secondary N) is 2. The molecule has 0 aliphatic carbocycles. The molecule has 0 aliphatic rings. The van der Waals surface area contributed by atoms with E-state index in [1.54, 1.807) is 72.8 Å². The number of carbonyl (C=O) groups excluding carboxylic acids is 2. The van der Waals surface area contributed by atoms with Crippen LogP contribution in [0.1, 0.15) is 18.4 Å². The Morgan fingerprint density at radius 1 is 0.882 bits per heavy atom. The standard InChI is InChI=1S/C26H21Cl2N3O3/c27-21-10-1-3-12-23(21)30-25(32)20(26(33)31-24-13-4-2-11-22(24)28)17-18-8-7-9-19(16-18)34-15-6-5-14-29/h1-4,7-13,16-17H,5-6,15H2,(H,30,32)(H,31,33). The second-order valence-electron chi connectivity index (χ2n) is 7.11. The van der Waals surface area contributed by atoms with Crippen LogP contribution in [0.3, 0.4) is 0 Å². The highest BCUT2D eigenvalue weighted by Gasteiger charge is 2.20. The van der Waals surface area contributed by atoms with Crippen molar-refractivity contribution in [1.82, 2.24) is 0 Å². The number of carbonyl (C=O) groups is 2. The summed E-state index contributed by atoms with van der Waals surface area (Å²) in [5.74, 6) is -0.722. The van der Waals surface area contributed by atoms with Crippen LogP contribution in [-0.4, -0.2) is 18.4 Å². The molecule has 2 amide bonds. The Morgan fingerprint density at radius 3 is 2.03 bits per heavy atom. The zero-order chi connectivity index (χ0) is 24.3. The number of para-hydroxylation sites is 2. The van der Waals surface area contributed by atoms with Crippen molar-refractivity contribution in [2.75, 3.05) is 17.2 Å². The number of amides is 2. The van der Waals surface area contributed by atoms with E-state index in [0.29, 0.717) is 52.2 Å². The van der Waals surface area contributed by atoms with E-state index in [1.165, 1.54) is 6.08 Å². The van der Waals surface area contributed by atoms with E-state index in [9.17, 15) is 9.59 Å². The molecular formula is C26H21Cl2N3O3. The predicted molar refractivity (Wildman–Crippen MR) is 135 cm³/mol. The van der Waals surface area contributed by atoms with Gasteiger partial charge in [-0.3, -0.25) is 9.59 Å². The van der Waals surface area contributed by atoms with E-state index < -0.39 is 11.8 Å². The summed E-state index contributed by atoms with van der Waals surface area (Å²) in [5.41, 5.74) is 1.18. The molecule has 0 fully saturated rings. The van der Waals surface area contributed by atoms with Gasteiger partial charge >= 0.3 is 0 Å². The van der Waals surface area contributed by atoms with Crippen molar-refractivity contribution >= 4 is 52.5 Å². The van der Waals surface area contributed by atoms with Gasteiger partial charge in [0.1, 0.15) is 11.3 Å². The minimum absolute atomic E-state index is 0.151. The smallest absolute Gasteiger partial charge is 0.261 e. The fourth-order valence-electron chi connectivity index (χ4n) is 2.94. The summed E-state index contributed by atoms with van der Waals surface area (Å²) in [6.45, 7) is 0.383. The SMILES string of the molecule is N#CCCCOc1cccc(C=C(C(=O)Nc2ccccc2Cl)C(=O)Nc2ccccc2Cl)c1. The van der Waals surface area contributed by atoms with Crippen molar-refractivity contribution in [1.29, 1.82) is 5.26 Å². The summed E-state index contributed by atoms with van der Waals surface area (Å²) in [6.07, 6.45) is 2.46. The van der Waals surface area contributed by atoms with Crippen LogP contribution in [0.5, 0.6) is 5.75 Å². The van der Waals surface area contributed by atoms with Crippen molar-refractivity contribution in [3.05, 3.63) is 94.0 Å². The molecule has 34 heavy (non-hydrogen) atoms. The fourth-order valence-corrected chi connectivity index (χ4v) is 3.31. The monoisotopic (exact) mass is 493 g/mol. The first-order valence-corrected chi connectivity index (χ1v) is 11.2. The molecule has 6 nitrogen and oxygen atoms in total. The molecule has 0 unspecified atom stereocenters. The van der Waals surface area contributed by atoms with Gasteiger partial charge in [0.2, 0.25) is 0 Å². The Morgan fingerprint density at radius 2 is 1.47 bits per heavy atom. The highest BCUT2D eigenvalue weighted by molar-refractivity contribution is 6.36. The fraction of sp³-hybridized carbons (Fsp3) is 0.115. The quantitative estimate of drug-likeness (QED) is 0.157. The molecule has 172 valence electrons. The summed E-state index contributed by atoms with van der Waals surface area (Å²) < 4.78 is 5.66. The number of unbranched alkanes of at least 4 members (excludes halogenated alkanes) is 1. The lowest BCUT2D eigenvalue weighted by Gasteiger charge is -2.12. The van der Waals surface area contributed by atoms with Gasteiger partial charge in [0, 0.05) is 6.42 Å². The van der Waals surface area contributed by atoms with Crippen molar-refractivity contribution in [3.8, 4) is 11.8 Å². The summed E-state index contributed by atoms with van der Waals surface area (Å²) >= 11 is 12.3. The average Bonchev–Trinajstić information content (AvgIpc) is 2.83. The molecule has 3 aromatic rings. The molecule has 0 bridgehead atoms. The predicted octanol–water partition coefficient (Wildman–Crippen LogP) is 6.34. The molecule has 8 heteroatoms. The normalized spacial score (nSPS) is 10.0. The summed E-state index contributed by atoms with van der Waals surface area (Å²) in [6, 6.07) is 22.5. The van der Waals surface area contributed by atoms with Gasteiger partial charge in [0.05, 0.1) is 34.1 Å². The molecule has 2 N–H and O–H groups in total. The van der Waals surface area contributed by atoms with Crippen LogP contribution < -0.4 is 15.4 Å². The number of hydrogen-bond donors (Lipinski definition) is 2. The van der Waals surface area contributed by atoms with Crippen molar-refractivity contribution in [2.24, 2.45) is 0 Å². The van der Waals surface area contributed by atoms with Gasteiger partial charge in [-0.1, -0.05) is 59.6 Å². The number of nitrogens with zero attached hydrogens (tertiary/aromatic N) is 1. The summed E-state index contributed by atoms with van der Waals surface area (Å²) in [4.78, 5) is 26.2. The van der Waals surface area contributed by atoms with Gasteiger partial charge < -0.3 is 15.4 Å². The molecule has 0 saturated carbocycles. The molecule has 0 aromatic heterocycles. The maximum Gasteiger partial charge on any atom is 0.261 e. The van der Waals surface area contributed by atoms with Gasteiger partial charge in [-0.15, -0.1) is 0 Å². The lowest BCUT2D eigenvalue weighted by atomic mass is 10.1. The highest BCUT2D eigenvalue weighted by Crippen LogP contribution is 2.24. The van der Waals surface area contributed by atoms with Crippen molar-refractivity contribution < 1.29 is 14.3 Å². The molecule has 0 radical (unpaired) electrons. The van der Waals surface area contributed by atoms with Gasteiger partial charge in [-0.2, -0.15) is 5.26 Å². The van der Waals surface area contributed by atoms with Crippen molar-refractivity contribution in [3.63, 3.8) is 0 Å². The van der Waals surface area contributed by atoms with E-state index in [0.717, 1.165) is 0 Å². The minimum Gasteiger partial charge on any atom is -0.494 e. The largest absolute Gasteiger partial charge is 0.494 e. The first-order chi connectivity index (χ1) is 16.5. The first kappa shape index (κ1) is 24.8. The van der Waals surface area contributed by atoms with Crippen LogP contribution >= 0.6 is 23.2 Å². The summed E-state index contributed by atoms with van der Waals surface area (Å²) in [7, 11) is 0. The highest BCUT2D eigenvalue weighted by atomic mass is 35.5. The molecule has 0 spiro atoms. The Balaban J connectivity index is 1.89. The van der Waals surface area contributed by atoms with Gasteiger partial charge in [-0.05, 0) is 54.5 Å². The summed E-state index contributed by atoms with van der Waals surface area (Å²) in [5, 5.41) is 14.7. The maximum absolute atomic E-state index is 13.1. The van der Waals surface area contributed by atoms with Gasteiger partial charge in [-0.25, -0.2) is 0 Å². The van der Waals surface area contributed by atoms with E-state index in [-0.39, 0.29) is 5.57 Å². The number of halogens is 2. The second-order valence-corrected chi connectivity index (χ2v) is 7.92. The molecule has 3 rings (SSSR count). The van der Waals surface area contributed by atoms with Crippen LogP contribution in [0.15, 0.2) is 78.4 Å². The minimum atomic E-state index is -0.641. The van der Waals surface area contributed by atoms with Crippen LogP contribution in [0.25, 0.3) is 6.08 Å². The molecular weight excluding hydrogens is 473 g/mol. The lowest BCUT2D eigenvalue weighted by Crippen LogP contribution is -2.25. The van der Waals surface area contributed by atoms with Crippen LogP contribution in [0.4, 0.5) is 11.4 Å². The number of ether oxygens (including phenoxy) is 1. The average molecular weight is 494 g/mol. The molecule has 3 aromatic carbocycles. The van der Waals surface area contributed by atoms with E-state index >= 15 is 0 Å².